The highest BCUT2D eigenvalue weighted by Gasteiger charge is 2.30. The van der Waals surface area contributed by atoms with Crippen molar-refractivity contribution >= 4 is 19.5 Å². The van der Waals surface area contributed by atoms with Crippen molar-refractivity contribution in [2.24, 2.45) is 5.50 Å². The summed E-state index contributed by atoms with van der Waals surface area (Å²) < 4.78 is 16.2. The molecule has 76 valence electrons. The lowest BCUT2D eigenvalue weighted by Gasteiger charge is -2.21. The molecule has 0 radical (unpaired) electrons. The maximum Gasteiger partial charge on any atom is 0.367 e. The van der Waals surface area contributed by atoms with Crippen molar-refractivity contribution in [3.63, 3.8) is 0 Å². The Labute approximate surface area is 75.8 Å². The third-order valence-corrected chi connectivity index (χ3v) is 2.94. The van der Waals surface area contributed by atoms with E-state index in [9.17, 15) is 14.2 Å². The zero-order valence-electron chi connectivity index (χ0n) is 7.60. The number of likely N-dealkylation sites (N-methyl/N-ethyl adjacent to an activating group) is 2. The summed E-state index contributed by atoms with van der Waals surface area (Å²) in [5.74, 6) is -1.90. The van der Waals surface area contributed by atoms with Gasteiger partial charge in [-0.2, -0.15) is 0 Å². The Hall–Kier alpha value is -0.910. The van der Waals surface area contributed by atoms with Gasteiger partial charge >= 0.3 is 19.5 Å². The maximum absolute atomic E-state index is 11.2. The molecule has 2 amide bonds. The third-order valence-electron chi connectivity index (χ3n) is 1.39. The van der Waals surface area contributed by atoms with Crippen molar-refractivity contribution in [3.8, 4) is 0 Å². The van der Waals surface area contributed by atoms with Gasteiger partial charge in [-0.15, -0.1) is 0 Å². The van der Waals surface area contributed by atoms with Gasteiger partial charge in [0.05, 0.1) is 0 Å². The maximum atomic E-state index is 11.2. The second kappa shape index (κ2) is 4.36. The average molecular weight is 209 g/mol. The molecule has 0 spiro atoms. The lowest BCUT2D eigenvalue weighted by Crippen LogP contribution is -2.39. The molecule has 8 heteroatoms. The van der Waals surface area contributed by atoms with E-state index < -0.39 is 19.5 Å². The van der Waals surface area contributed by atoms with Crippen LogP contribution < -0.4 is 10.8 Å². The number of hydrogen-bond donors (Lipinski definition) is 2. The second-order valence-corrected chi connectivity index (χ2v) is 4.25. The molecule has 0 aromatic heterocycles. The van der Waals surface area contributed by atoms with E-state index in [1.807, 2.05) is 0 Å². The van der Waals surface area contributed by atoms with E-state index in [1.165, 1.54) is 7.05 Å². The Bertz CT molecular complexity index is 267. The van der Waals surface area contributed by atoms with E-state index in [-0.39, 0.29) is 0 Å². The van der Waals surface area contributed by atoms with Crippen LogP contribution in [0.25, 0.3) is 0 Å². The van der Waals surface area contributed by atoms with Gasteiger partial charge in [-0.25, -0.2) is 10.1 Å². The van der Waals surface area contributed by atoms with Crippen LogP contribution in [0, 0.1) is 0 Å². The molecule has 0 bridgehead atoms. The molecule has 3 N–H and O–H groups in total. The Morgan fingerprint density at radius 1 is 1.54 bits per heavy atom. The van der Waals surface area contributed by atoms with Gasteiger partial charge in [-0.3, -0.25) is 14.3 Å². The summed E-state index contributed by atoms with van der Waals surface area (Å²) in [7, 11) is -0.166. The van der Waals surface area contributed by atoms with Crippen LogP contribution in [-0.4, -0.2) is 37.7 Å². The number of carbonyl (C=O) groups is 2. The van der Waals surface area contributed by atoms with Crippen molar-refractivity contribution in [1.82, 2.24) is 9.99 Å². The molecule has 0 saturated heterocycles. The highest BCUT2D eigenvalue weighted by atomic mass is 31.2. The van der Waals surface area contributed by atoms with Crippen LogP contribution >= 0.6 is 7.67 Å². The number of rotatable bonds is 2. The van der Waals surface area contributed by atoms with Crippen molar-refractivity contribution in [3.05, 3.63) is 0 Å². The van der Waals surface area contributed by atoms with E-state index in [0.29, 0.717) is 4.67 Å². The second-order valence-electron chi connectivity index (χ2n) is 2.15. The van der Waals surface area contributed by atoms with Gasteiger partial charge in [-0.1, -0.05) is 0 Å². The Morgan fingerprint density at radius 3 is 2.31 bits per heavy atom. The first-order chi connectivity index (χ1) is 5.86. The molecule has 0 heterocycles. The Morgan fingerprint density at radius 2 is 2.00 bits per heavy atom. The first-order valence-corrected chi connectivity index (χ1v) is 4.96. The Kier molecular flexibility index (Phi) is 4.06. The van der Waals surface area contributed by atoms with Gasteiger partial charge in [-0.05, 0) is 0 Å². The summed E-state index contributed by atoms with van der Waals surface area (Å²) in [5.41, 5.74) is 5.11. The zero-order chi connectivity index (χ0) is 10.6. The Balaban J connectivity index is 4.62. The molecule has 0 aromatic carbocycles. The molecule has 0 aliphatic rings. The van der Waals surface area contributed by atoms with Crippen LogP contribution in [0.3, 0.4) is 0 Å². The monoisotopic (exact) mass is 209 g/mol. The SMILES string of the molecule is CNC(=O)C(=O)N(C)P(N)(=O)OC. The molecular formula is C5H12N3O4P. The normalized spacial score (nSPS) is 14.5. The predicted molar refractivity (Wildman–Crippen MR) is 45.6 cm³/mol. The van der Waals surface area contributed by atoms with Crippen molar-refractivity contribution in [2.45, 2.75) is 0 Å². The first-order valence-electron chi connectivity index (χ1n) is 3.31. The molecule has 13 heavy (non-hydrogen) atoms. The molecule has 0 rings (SSSR count). The third kappa shape index (κ3) is 2.80. The van der Waals surface area contributed by atoms with Crippen LogP contribution in [0.4, 0.5) is 0 Å². The number of nitrogens with one attached hydrogen (secondary N) is 1. The predicted octanol–water partition coefficient (Wildman–Crippen LogP) is -1.10. The van der Waals surface area contributed by atoms with Crippen molar-refractivity contribution < 1.29 is 18.7 Å². The smallest absolute Gasteiger partial charge is 0.351 e. The van der Waals surface area contributed by atoms with Gasteiger partial charge < -0.3 is 9.84 Å². The lowest BCUT2D eigenvalue weighted by molar-refractivity contribution is -0.142. The quantitative estimate of drug-likeness (QED) is 0.444. The minimum Gasteiger partial charge on any atom is -0.351 e. The van der Waals surface area contributed by atoms with Gasteiger partial charge in [0.1, 0.15) is 0 Å². The highest BCUT2D eigenvalue weighted by Crippen LogP contribution is 2.39. The van der Waals surface area contributed by atoms with Crippen molar-refractivity contribution in [1.29, 1.82) is 0 Å². The van der Waals surface area contributed by atoms with E-state index in [0.717, 1.165) is 14.2 Å². The number of nitrogens with zero attached hydrogens (tertiary/aromatic N) is 1. The lowest BCUT2D eigenvalue weighted by atomic mass is 10.6. The number of nitrogens with two attached hydrogens (primary N) is 1. The van der Waals surface area contributed by atoms with E-state index in [1.54, 1.807) is 0 Å². The topological polar surface area (TPSA) is 102 Å². The summed E-state index contributed by atoms with van der Waals surface area (Å²) >= 11 is 0. The molecule has 0 aliphatic heterocycles. The van der Waals surface area contributed by atoms with Crippen LogP contribution in [0.1, 0.15) is 0 Å². The number of hydrogen-bond acceptors (Lipinski definition) is 4. The molecule has 1 unspecified atom stereocenters. The summed E-state index contributed by atoms with van der Waals surface area (Å²) in [4.78, 5) is 21.8. The fraction of sp³-hybridized carbons (Fsp3) is 0.600. The fourth-order valence-corrected chi connectivity index (χ4v) is 1.09. The highest BCUT2D eigenvalue weighted by molar-refractivity contribution is 7.54. The molecule has 7 nitrogen and oxygen atoms in total. The molecular weight excluding hydrogens is 197 g/mol. The van der Waals surface area contributed by atoms with Crippen LogP contribution in [0.15, 0.2) is 0 Å². The zero-order valence-corrected chi connectivity index (χ0v) is 8.50. The molecule has 0 fully saturated rings. The first kappa shape index (κ1) is 12.1. The summed E-state index contributed by atoms with van der Waals surface area (Å²) in [5, 5.41) is 2.08. The fourth-order valence-electron chi connectivity index (χ4n) is 0.503. The summed E-state index contributed by atoms with van der Waals surface area (Å²) in [6.45, 7) is 0. The largest absolute Gasteiger partial charge is 0.367 e. The molecule has 1 atom stereocenters. The molecule has 0 saturated carbocycles. The molecule has 0 aromatic rings. The van der Waals surface area contributed by atoms with Gasteiger partial charge in [0.15, 0.2) is 0 Å². The van der Waals surface area contributed by atoms with Crippen LogP contribution in [-0.2, 0) is 18.7 Å². The van der Waals surface area contributed by atoms with E-state index in [4.69, 9.17) is 5.50 Å². The standard InChI is InChI=1S/C5H12N3O4P/c1-7-4(9)5(10)8(2)13(6,11)12-3/h1-3H3,(H2,6,11)(H,7,9). The van der Waals surface area contributed by atoms with Crippen molar-refractivity contribution in [2.75, 3.05) is 21.2 Å². The molecule has 0 aliphatic carbocycles. The van der Waals surface area contributed by atoms with Crippen LogP contribution in [0.5, 0.6) is 0 Å². The van der Waals surface area contributed by atoms with E-state index >= 15 is 0 Å². The number of amides is 2. The minimum absolute atomic E-state index is 0.575. The average Bonchev–Trinajstić information content (AvgIpc) is 2.14. The summed E-state index contributed by atoms with van der Waals surface area (Å²) in [6, 6.07) is 0. The minimum atomic E-state index is -3.66. The van der Waals surface area contributed by atoms with E-state index in [2.05, 4.69) is 9.84 Å². The van der Waals surface area contributed by atoms with Crippen LogP contribution in [0.2, 0.25) is 0 Å². The summed E-state index contributed by atoms with van der Waals surface area (Å²) in [6.07, 6.45) is 0. The van der Waals surface area contributed by atoms with Gasteiger partial charge in [0.2, 0.25) is 0 Å². The number of carbonyl (C=O) groups excluding carboxylic acids is 2. The van der Waals surface area contributed by atoms with Gasteiger partial charge in [0.25, 0.3) is 0 Å². The van der Waals surface area contributed by atoms with Gasteiger partial charge in [0, 0.05) is 21.2 Å².